The molecule has 0 saturated carbocycles. The molecule has 0 bridgehead atoms. The quantitative estimate of drug-likeness (QED) is 0.560. The van der Waals surface area contributed by atoms with Crippen LogP contribution in [0.4, 0.5) is 0 Å². The van der Waals surface area contributed by atoms with Crippen molar-refractivity contribution >= 4 is 6.29 Å². The molecule has 0 aromatic carbocycles. The number of carbonyl (C=O) groups excluding carboxylic acids is 1. The Morgan fingerprint density at radius 1 is 1.73 bits per heavy atom. The summed E-state index contributed by atoms with van der Waals surface area (Å²) in [5, 5.41) is 8.73. The van der Waals surface area contributed by atoms with E-state index in [0.717, 1.165) is 6.54 Å². The number of hydrogen-bond acceptors (Lipinski definition) is 4. The predicted molar refractivity (Wildman–Crippen MR) is 39.0 cm³/mol. The van der Waals surface area contributed by atoms with Crippen molar-refractivity contribution in [2.75, 3.05) is 32.8 Å². The summed E-state index contributed by atoms with van der Waals surface area (Å²) in [5.74, 6) is 0. The molecule has 1 rings (SSSR count). The third kappa shape index (κ3) is 2.57. The van der Waals surface area contributed by atoms with Gasteiger partial charge in [-0.15, -0.1) is 0 Å². The summed E-state index contributed by atoms with van der Waals surface area (Å²) < 4.78 is 5.18. The highest BCUT2D eigenvalue weighted by atomic mass is 16.5. The van der Waals surface area contributed by atoms with Gasteiger partial charge in [0.05, 0.1) is 25.9 Å². The molecule has 0 aliphatic carbocycles. The summed E-state index contributed by atoms with van der Waals surface area (Å²) in [4.78, 5) is 11.9. The zero-order valence-corrected chi connectivity index (χ0v) is 6.32. The first-order valence-corrected chi connectivity index (χ1v) is 3.66. The molecule has 1 N–H and O–H groups in total. The molecule has 1 aliphatic heterocycles. The number of aliphatic hydroxyl groups excluding tert-OH is 1. The van der Waals surface area contributed by atoms with Crippen molar-refractivity contribution in [1.82, 2.24) is 4.90 Å². The molecular formula is C7H12NO3. The third-order valence-electron chi connectivity index (χ3n) is 1.71. The van der Waals surface area contributed by atoms with E-state index >= 15 is 0 Å². The second-order valence-corrected chi connectivity index (χ2v) is 2.55. The lowest BCUT2D eigenvalue weighted by atomic mass is 10.3. The number of ether oxygens (including phenoxy) is 1. The first-order valence-electron chi connectivity index (χ1n) is 3.66. The largest absolute Gasteiger partial charge is 0.394 e. The SMILES string of the molecule is O=[C]CN1CCOC(CO)C1. The van der Waals surface area contributed by atoms with Crippen molar-refractivity contribution in [3.05, 3.63) is 0 Å². The lowest BCUT2D eigenvalue weighted by molar-refractivity contribution is -0.0484. The van der Waals surface area contributed by atoms with E-state index in [1.54, 1.807) is 0 Å². The Hall–Kier alpha value is -0.450. The molecule has 1 heterocycles. The van der Waals surface area contributed by atoms with Crippen LogP contribution < -0.4 is 0 Å². The van der Waals surface area contributed by atoms with E-state index in [9.17, 15) is 4.79 Å². The van der Waals surface area contributed by atoms with Crippen molar-refractivity contribution in [2.45, 2.75) is 6.10 Å². The molecule has 1 saturated heterocycles. The Morgan fingerprint density at radius 3 is 3.18 bits per heavy atom. The van der Waals surface area contributed by atoms with E-state index in [1.165, 1.54) is 0 Å². The molecule has 1 aliphatic rings. The van der Waals surface area contributed by atoms with E-state index in [-0.39, 0.29) is 12.7 Å². The van der Waals surface area contributed by atoms with Gasteiger partial charge in [-0.3, -0.25) is 9.69 Å². The number of rotatable bonds is 3. The number of morpholine rings is 1. The van der Waals surface area contributed by atoms with Gasteiger partial charge in [0.2, 0.25) is 6.29 Å². The predicted octanol–water partition coefficient (Wildman–Crippen LogP) is -1.21. The second-order valence-electron chi connectivity index (χ2n) is 2.55. The summed E-state index contributed by atoms with van der Waals surface area (Å²) in [6.45, 7) is 2.32. The summed E-state index contributed by atoms with van der Waals surface area (Å²) in [5.41, 5.74) is 0. The van der Waals surface area contributed by atoms with Gasteiger partial charge in [0, 0.05) is 13.1 Å². The van der Waals surface area contributed by atoms with E-state index in [1.807, 2.05) is 11.2 Å². The molecule has 1 fully saturated rings. The van der Waals surface area contributed by atoms with Crippen LogP contribution in [0.2, 0.25) is 0 Å². The van der Waals surface area contributed by atoms with Crippen LogP contribution in [0.1, 0.15) is 0 Å². The molecule has 63 valence electrons. The molecule has 11 heavy (non-hydrogen) atoms. The molecule has 1 unspecified atom stereocenters. The van der Waals surface area contributed by atoms with E-state index in [4.69, 9.17) is 9.84 Å². The van der Waals surface area contributed by atoms with Crippen molar-refractivity contribution in [1.29, 1.82) is 0 Å². The third-order valence-corrected chi connectivity index (χ3v) is 1.71. The molecule has 1 atom stereocenters. The van der Waals surface area contributed by atoms with Crippen LogP contribution >= 0.6 is 0 Å². The first kappa shape index (κ1) is 8.64. The fourth-order valence-electron chi connectivity index (χ4n) is 1.13. The van der Waals surface area contributed by atoms with Gasteiger partial charge in [-0.1, -0.05) is 0 Å². The average molecular weight is 158 g/mol. The van der Waals surface area contributed by atoms with Crippen LogP contribution in [-0.2, 0) is 9.53 Å². The molecule has 0 amide bonds. The van der Waals surface area contributed by atoms with E-state index in [0.29, 0.717) is 19.7 Å². The topological polar surface area (TPSA) is 49.8 Å². The highest BCUT2D eigenvalue weighted by Gasteiger charge is 2.18. The van der Waals surface area contributed by atoms with Crippen molar-refractivity contribution in [3.8, 4) is 0 Å². The standard InChI is InChI=1S/C7H12NO3/c9-3-1-8-2-4-11-7(5-8)6-10/h7,10H,1-2,4-6H2. The summed E-state index contributed by atoms with van der Waals surface area (Å²) in [6.07, 6.45) is 1.69. The van der Waals surface area contributed by atoms with Gasteiger partial charge in [-0.25, -0.2) is 0 Å². The first-order chi connectivity index (χ1) is 5.36. The minimum Gasteiger partial charge on any atom is -0.394 e. The van der Waals surface area contributed by atoms with Crippen LogP contribution in [0.25, 0.3) is 0 Å². The smallest absolute Gasteiger partial charge is 0.213 e. The van der Waals surface area contributed by atoms with Gasteiger partial charge in [0.15, 0.2) is 0 Å². The minimum absolute atomic E-state index is 0.0232. The van der Waals surface area contributed by atoms with Gasteiger partial charge < -0.3 is 9.84 Å². The molecule has 4 heteroatoms. The van der Waals surface area contributed by atoms with Gasteiger partial charge in [0.25, 0.3) is 0 Å². The Labute approximate surface area is 65.8 Å². The van der Waals surface area contributed by atoms with Crippen LogP contribution in [0, 0.1) is 0 Å². The summed E-state index contributed by atoms with van der Waals surface area (Å²) in [6, 6.07) is 0. The zero-order chi connectivity index (χ0) is 8.10. The highest BCUT2D eigenvalue weighted by Crippen LogP contribution is 2.02. The number of nitrogens with zero attached hydrogens (tertiary/aromatic N) is 1. The summed E-state index contributed by atoms with van der Waals surface area (Å²) >= 11 is 0. The van der Waals surface area contributed by atoms with Gasteiger partial charge >= 0.3 is 0 Å². The molecule has 0 aromatic heterocycles. The number of aliphatic hydroxyl groups is 1. The van der Waals surface area contributed by atoms with E-state index < -0.39 is 0 Å². The lowest BCUT2D eigenvalue weighted by Crippen LogP contribution is -2.44. The van der Waals surface area contributed by atoms with Crippen LogP contribution in [-0.4, -0.2) is 55.2 Å². The normalized spacial score (nSPS) is 26.8. The molecule has 0 spiro atoms. The van der Waals surface area contributed by atoms with Crippen LogP contribution in [0.3, 0.4) is 0 Å². The molecule has 0 aromatic rings. The van der Waals surface area contributed by atoms with Crippen LogP contribution in [0.5, 0.6) is 0 Å². The van der Waals surface area contributed by atoms with Gasteiger partial charge in [-0.05, 0) is 0 Å². The van der Waals surface area contributed by atoms with Crippen molar-refractivity contribution in [2.24, 2.45) is 0 Å². The fraction of sp³-hybridized carbons (Fsp3) is 0.857. The van der Waals surface area contributed by atoms with Gasteiger partial charge in [0.1, 0.15) is 0 Å². The Morgan fingerprint density at radius 2 is 2.55 bits per heavy atom. The second kappa shape index (κ2) is 4.43. The zero-order valence-electron chi connectivity index (χ0n) is 6.32. The Balaban J connectivity index is 2.27. The lowest BCUT2D eigenvalue weighted by Gasteiger charge is -2.30. The maximum Gasteiger partial charge on any atom is 0.213 e. The van der Waals surface area contributed by atoms with Crippen molar-refractivity contribution < 1.29 is 14.6 Å². The van der Waals surface area contributed by atoms with E-state index in [2.05, 4.69) is 0 Å². The molecule has 1 radical (unpaired) electrons. The van der Waals surface area contributed by atoms with Gasteiger partial charge in [-0.2, -0.15) is 0 Å². The Kier molecular flexibility index (Phi) is 3.48. The maximum absolute atomic E-state index is 10.00. The van der Waals surface area contributed by atoms with Crippen molar-refractivity contribution in [3.63, 3.8) is 0 Å². The maximum atomic E-state index is 10.00. The minimum atomic E-state index is -0.128. The average Bonchev–Trinajstić information content (AvgIpc) is 2.06. The molecular weight excluding hydrogens is 146 g/mol. The number of hydrogen-bond donors (Lipinski definition) is 1. The monoisotopic (exact) mass is 158 g/mol. The summed E-state index contributed by atoms with van der Waals surface area (Å²) in [7, 11) is 0. The fourth-order valence-corrected chi connectivity index (χ4v) is 1.13. The highest BCUT2D eigenvalue weighted by molar-refractivity contribution is 5.53. The van der Waals surface area contributed by atoms with Crippen LogP contribution in [0.15, 0.2) is 0 Å². The Bertz CT molecular complexity index is 129. The molecule has 4 nitrogen and oxygen atoms in total.